The zero-order valence-electron chi connectivity index (χ0n) is 25.6. The molecule has 1 unspecified atom stereocenters. The predicted molar refractivity (Wildman–Crippen MR) is 182 cm³/mol. The van der Waals surface area contributed by atoms with Crippen molar-refractivity contribution in [1.82, 2.24) is 0 Å². The van der Waals surface area contributed by atoms with E-state index < -0.39 is 5.41 Å². The zero-order chi connectivity index (χ0) is 29.5. The fourth-order valence-corrected chi connectivity index (χ4v) is 7.42. The second-order valence-corrected chi connectivity index (χ2v) is 13.2. The minimum absolute atomic E-state index is 0.185. The zero-order valence-corrected chi connectivity index (χ0v) is 27.2. The van der Waals surface area contributed by atoms with Crippen molar-refractivity contribution in [2.75, 3.05) is 24.5 Å². The number of rotatable bonds is 13. The van der Waals surface area contributed by atoms with Gasteiger partial charge in [-0.1, -0.05) is 96.6 Å². The molecule has 0 radical (unpaired) electrons. The van der Waals surface area contributed by atoms with Crippen LogP contribution in [0.25, 0.3) is 6.08 Å². The maximum absolute atomic E-state index is 13.7. The summed E-state index contributed by atoms with van der Waals surface area (Å²) in [6.07, 6.45) is 14.3. The van der Waals surface area contributed by atoms with E-state index in [1.165, 1.54) is 66.7 Å². The summed E-state index contributed by atoms with van der Waals surface area (Å²) in [4.78, 5) is 16.1. The van der Waals surface area contributed by atoms with E-state index in [0.29, 0.717) is 6.42 Å². The molecule has 4 heteroatoms. The lowest BCUT2D eigenvalue weighted by molar-refractivity contribution is -0.438. The molecule has 1 fully saturated rings. The third-order valence-electron chi connectivity index (χ3n) is 9.49. The van der Waals surface area contributed by atoms with E-state index in [2.05, 4.69) is 101 Å². The molecule has 1 aliphatic carbocycles. The summed E-state index contributed by atoms with van der Waals surface area (Å²) in [5.41, 5.74) is 6.47. The number of ketones is 1. The van der Waals surface area contributed by atoms with E-state index in [0.717, 1.165) is 42.0 Å². The largest absolute Gasteiger partial charge is 0.372 e. The van der Waals surface area contributed by atoms with Gasteiger partial charge in [-0.25, -0.2) is 0 Å². The minimum atomic E-state index is -0.425. The van der Waals surface area contributed by atoms with Gasteiger partial charge in [-0.05, 0) is 62.9 Å². The number of halogens is 1. The second kappa shape index (κ2) is 14.0. The summed E-state index contributed by atoms with van der Waals surface area (Å²) in [6, 6.07) is 25.2. The van der Waals surface area contributed by atoms with Crippen molar-refractivity contribution in [3.8, 4) is 0 Å². The Balaban J connectivity index is 1.49. The van der Waals surface area contributed by atoms with Crippen LogP contribution >= 0.6 is 15.9 Å². The van der Waals surface area contributed by atoms with Crippen LogP contribution in [0.5, 0.6) is 0 Å². The van der Waals surface area contributed by atoms with Gasteiger partial charge in [-0.15, -0.1) is 0 Å². The molecule has 0 saturated heterocycles. The fraction of sp³-hybridized carbons (Fsp3) is 0.421. The maximum Gasteiger partial charge on any atom is 0.210 e. The van der Waals surface area contributed by atoms with E-state index in [9.17, 15) is 4.79 Å². The lowest BCUT2D eigenvalue weighted by Gasteiger charge is -2.22. The van der Waals surface area contributed by atoms with Gasteiger partial charge in [0.05, 0.1) is 5.41 Å². The first-order valence-corrected chi connectivity index (χ1v) is 16.8. The average Bonchev–Trinajstić information content (AvgIpc) is 3.60. The third-order valence-corrected chi connectivity index (χ3v) is 9.98. The van der Waals surface area contributed by atoms with Crippen LogP contribution in [0, 0.1) is 5.92 Å². The number of hydrogen-bond acceptors (Lipinski definition) is 2. The summed E-state index contributed by atoms with van der Waals surface area (Å²) >= 11 is 3.74. The molecule has 3 aromatic carbocycles. The van der Waals surface area contributed by atoms with Crippen LogP contribution in [-0.4, -0.2) is 35.7 Å². The molecular weight excluding hydrogens is 580 g/mol. The molecule has 5 rings (SSSR count). The van der Waals surface area contributed by atoms with Gasteiger partial charge in [0.15, 0.2) is 11.5 Å². The Morgan fingerprint density at radius 3 is 2.36 bits per heavy atom. The number of unbranched alkanes of at least 4 members (excludes halogenated alkanes) is 1. The standard InChI is InChI=1S/C38H46BrN2O/c1-4-40(5-2)33-22-18-30(19-23-33)20-25-37-38(3,28-36(42)31-16-7-6-8-17-31)34-24-21-32(39)27-35(34)41(37)26-12-11-15-29-13-9-10-14-29/h6-8,16-25,27,29H,4-5,9-15,26,28H2,1-3H3/q+1. The first-order chi connectivity index (χ1) is 20.4. The van der Waals surface area contributed by atoms with E-state index in [1.54, 1.807) is 0 Å². The Morgan fingerprint density at radius 2 is 1.67 bits per heavy atom. The number of hydrogen-bond donors (Lipinski definition) is 0. The number of carbonyl (C=O) groups is 1. The number of allylic oxidation sites excluding steroid dienone is 1. The van der Waals surface area contributed by atoms with E-state index >= 15 is 0 Å². The van der Waals surface area contributed by atoms with Crippen LogP contribution < -0.4 is 4.90 Å². The SMILES string of the molecule is CCN(CC)c1ccc(C=CC2=[N+](CCCCC3CCCC3)c3cc(Br)ccc3C2(C)CC(=O)c2ccccc2)cc1. The van der Waals surface area contributed by atoms with Crippen molar-refractivity contribution in [2.24, 2.45) is 5.92 Å². The molecule has 0 N–H and O–H groups in total. The van der Waals surface area contributed by atoms with E-state index in [4.69, 9.17) is 0 Å². The molecule has 0 bridgehead atoms. The topological polar surface area (TPSA) is 23.3 Å². The predicted octanol–water partition coefficient (Wildman–Crippen LogP) is 10.00. The number of fused-ring (bicyclic) bond motifs is 1. The summed E-state index contributed by atoms with van der Waals surface area (Å²) in [5, 5.41) is 0. The molecule has 220 valence electrons. The normalized spacial score (nSPS) is 18.7. The summed E-state index contributed by atoms with van der Waals surface area (Å²) in [5.74, 6) is 1.10. The summed E-state index contributed by atoms with van der Waals surface area (Å²) in [7, 11) is 0. The molecule has 0 amide bonds. The van der Waals surface area contributed by atoms with Crippen LogP contribution in [0.4, 0.5) is 11.4 Å². The Morgan fingerprint density at radius 1 is 0.952 bits per heavy atom. The first kappa shape index (κ1) is 30.5. The van der Waals surface area contributed by atoms with Crippen molar-refractivity contribution in [3.63, 3.8) is 0 Å². The van der Waals surface area contributed by atoms with Crippen LogP contribution in [-0.2, 0) is 5.41 Å². The van der Waals surface area contributed by atoms with Gasteiger partial charge in [0.1, 0.15) is 6.54 Å². The summed E-state index contributed by atoms with van der Waals surface area (Å²) in [6.45, 7) is 9.63. The number of carbonyl (C=O) groups excluding carboxylic acids is 1. The van der Waals surface area contributed by atoms with E-state index in [-0.39, 0.29) is 5.78 Å². The van der Waals surface area contributed by atoms with Gasteiger partial charge in [0.25, 0.3) is 0 Å². The molecule has 0 spiro atoms. The van der Waals surface area contributed by atoms with Gasteiger partial charge >= 0.3 is 0 Å². The van der Waals surface area contributed by atoms with Gasteiger partial charge in [0.2, 0.25) is 5.69 Å². The molecule has 2 aliphatic rings. The highest BCUT2D eigenvalue weighted by Crippen LogP contribution is 2.44. The molecular formula is C38H46BrN2O+. The molecule has 1 saturated carbocycles. The van der Waals surface area contributed by atoms with Crippen LogP contribution in [0.3, 0.4) is 0 Å². The van der Waals surface area contributed by atoms with Crippen LogP contribution in [0.2, 0.25) is 0 Å². The molecule has 1 aliphatic heterocycles. The highest BCUT2D eigenvalue weighted by atomic mass is 79.9. The average molecular weight is 627 g/mol. The monoisotopic (exact) mass is 625 g/mol. The second-order valence-electron chi connectivity index (χ2n) is 12.2. The molecule has 3 nitrogen and oxygen atoms in total. The van der Waals surface area contributed by atoms with Gasteiger partial charge in [-0.2, -0.15) is 4.58 Å². The smallest absolute Gasteiger partial charge is 0.210 e. The van der Waals surface area contributed by atoms with Crippen LogP contribution in [0.1, 0.15) is 93.6 Å². The molecule has 42 heavy (non-hydrogen) atoms. The lowest BCUT2D eigenvalue weighted by atomic mass is 9.74. The molecule has 1 heterocycles. The fourth-order valence-electron chi connectivity index (χ4n) is 7.07. The van der Waals surface area contributed by atoms with Crippen molar-refractivity contribution < 1.29 is 9.37 Å². The number of Topliss-reactive ketones (excluding diaryl/α,β-unsaturated/α-hetero) is 1. The van der Waals surface area contributed by atoms with Gasteiger partial charge < -0.3 is 4.90 Å². The summed E-state index contributed by atoms with van der Waals surface area (Å²) < 4.78 is 3.58. The van der Waals surface area contributed by atoms with Gasteiger partial charge in [-0.3, -0.25) is 4.79 Å². The lowest BCUT2D eigenvalue weighted by Crippen LogP contribution is -2.34. The minimum Gasteiger partial charge on any atom is -0.372 e. The molecule has 0 aromatic heterocycles. The molecule has 3 aromatic rings. The maximum atomic E-state index is 13.7. The van der Waals surface area contributed by atoms with Crippen LogP contribution in [0.15, 0.2) is 83.3 Å². The third kappa shape index (κ3) is 6.80. The molecule has 1 atom stereocenters. The first-order valence-electron chi connectivity index (χ1n) is 16.0. The van der Waals surface area contributed by atoms with Crippen molar-refractivity contribution in [2.45, 2.75) is 77.6 Å². The Hall–Kier alpha value is -2.98. The quantitative estimate of drug-likeness (QED) is 0.107. The van der Waals surface area contributed by atoms with Crippen molar-refractivity contribution in [3.05, 3.63) is 100 Å². The Labute approximate surface area is 261 Å². The number of anilines is 1. The van der Waals surface area contributed by atoms with Crippen molar-refractivity contribution >= 4 is 44.9 Å². The Bertz CT molecular complexity index is 1420. The highest BCUT2D eigenvalue weighted by molar-refractivity contribution is 9.10. The number of benzene rings is 3. The highest BCUT2D eigenvalue weighted by Gasteiger charge is 2.49. The van der Waals surface area contributed by atoms with Gasteiger partial charge in [0, 0.05) is 59.4 Å². The Kier molecular flexibility index (Phi) is 10.2. The number of nitrogens with zero attached hydrogens (tertiary/aromatic N) is 2. The van der Waals surface area contributed by atoms with E-state index in [1.807, 2.05) is 30.3 Å². The van der Waals surface area contributed by atoms with Crippen molar-refractivity contribution in [1.29, 1.82) is 0 Å².